The second-order valence-electron chi connectivity index (χ2n) is 45.9. The molecule has 0 amide bonds. The Morgan fingerprint density at radius 1 is 0.117 bits per heavy atom. The van der Waals surface area contributed by atoms with Crippen LogP contribution in [0.4, 0.5) is 17.6 Å². The van der Waals surface area contributed by atoms with Crippen molar-refractivity contribution in [3.63, 3.8) is 0 Å². The van der Waals surface area contributed by atoms with Crippen LogP contribution in [-0.4, -0.2) is 90.4 Å². The molecule has 0 heterocycles. The van der Waals surface area contributed by atoms with Crippen molar-refractivity contribution in [2.24, 2.45) is 189 Å². The van der Waals surface area contributed by atoms with E-state index in [1.54, 1.807) is 0 Å². The molecule has 728 valence electrons. The van der Waals surface area contributed by atoms with Gasteiger partial charge in [-0.25, -0.2) is 17.6 Å². The summed E-state index contributed by atoms with van der Waals surface area (Å²) in [5.74, 6) is 26.4. The lowest BCUT2D eigenvalue weighted by Crippen LogP contribution is -2.37. The third-order valence-electron chi connectivity index (χ3n) is 39.0. The minimum absolute atomic E-state index is 0. The molecule has 16 aliphatic rings. The van der Waals surface area contributed by atoms with Crippen molar-refractivity contribution in [2.45, 2.75) is 465 Å². The van der Waals surface area contributed by atoms with Crippen molar-refractivity contribution in [2.75, 3.05) is 0 Å². The molecule has 12 unspecified atom stereocenters. The first-order valence-electron chi connectivity index (χ1n) is 51.0. The van der Waals surface area contributed by atoms with E-state index in [0.717, 1.165) is 144 Å². The lowest BCUT2D eigenvalue weighted by atomic mass is 9.63. The van der Waals surface area contributed by atoms with Gasteiger partial charge in [0.05, 0.1) is 0 Å². The first kappa shape index (κ1) is 117. The van der Waals surface area contributed by atoms with E-state index in [0.29, 0.717) is 71.0 Å². The lowest BCUT2D eigenvalue weighted by Gasteiger charge is -2.44. The molecule has 0 radical (unpaired) electrons. The molecule has 120 heavy (non-hydrogen) atoms. The molecule has 0 aromatic carbocycles. The smallest absolute Gasteiger partial charge is 0.103 e. The molecule has 16 saturated carbocycles. The van der Waals surface area contributed by atoms with Gasteiger partial charge in [0.25, 0.3) is 0 Å². The minimum atomic E-state index is -0.486. The third kappa shape index (κ3) is 33.0. The summed E-state index contributed by atoms with van der Waals surface area (Å²) in [7, 11) is 0. The molecule has 0 aliphatic heterocycles. The number of rotatable bonds is 12. The van der Waals surface area contributed by atoms with Crippen LogP contribution < -0.4 is 0 Å². The SMILES string of the molecule is CC1CCC(C2CCC(C3CCC(C4CCC(C)CC4)C(F)C3)CC2)CC1.CC1CCC(C2CCC(C3CCC(C4CCC(C)CC4)C(F)C3)CC2)CC1.CC1CCC(C2CCC(C3CCC(C4CCC(C)CC4)C(F)C3)CC2)CC1.CC1CCC(C2CCC(C3CCC(C4CCC(C)CC4)C(F)C3)CC2)CC1.O.O.O.O.O.O.O.O.O.O.O.O.[HH].[HH].[HH].[HH]. The van der Waals surface area contributed by atoms with Gasteiger partial charge < -0.3 is 65.7 Å². The Kier molecular flexibility index (Phi) is 56.8. The van der Waals surface area contributed by atoms with Gasteiger partial charge in [-0.05, 0) is 472 Å². The van der Waals surface area contributed by atoms with Gasteiger partial charge in [-0.1, -0.05) is 158 Å². The standard InChI is InChI=1S/4C26H45F.12H2O.4H2/c4*1-18-3-7-20(8-4-18)21-11-13-22(14-12-21)24-15-16-25(26(27)17-24)23-9-5-19(2)6-10-23;;;;;;;;;;;;;;;;/h4*18-26H,3-17H2,1-2H3;12*1H2;4*1H. The normalized spacial score (nSPS) is 44.7. The Bertz CT molecular complexity index is 2160. The van der Waals surface area contributed by atoms with E-state index in [2.05, 4.69) is 55.4 Å². The number of alkyl halides is 4. The van der Waals surface area contributed by atoms with Crippen LogP contribution in [0.1, 0.15) is 446 Å². The van der Waals surface area contributed by atoms with E-state index >= 15 is 17.6 Å². The summed E-state index contributed by atoms with van der Waals surface area (Å²) in [6.07, 6.45) is 79.8. The molecule has 0 aromatic rings. The van der Waals surface area contributed by atoms with Crippen LogP contribution >= 0.6 is 0 Å². The van der Waals surface area contributed by atoms with E-state index in [9.17, 15) is 0 Å². The Hall–Kier alpha value is -0.760. The van der Waals surface area contributed by atoms with Crippen molar-refractivity contribution < 1.29 is 89.0 Å². The fourth-order valence-corrected chi connectivity index (χ4v) is 30.7. The van der Waals surface area contributed by atoms with Gasteiger partial charge in [-0.2, -0.15) is 0 Å². The quantitative estimate of drug-likeness (QED) is 0.165. The summed E-state index contributed by atoms with van der Waals surface area (Å²) in [5.41, 5.74) is 0. The average Bonchev–Trinajstić information content (AvgIpc) is 0.822. The molecule has 24 N–H and O–H groups in total. The molecule has 16 fully saturated rings. The monoisotopic (exact) mass is 1730 g/mol. The molecule has 0 saturated heterocycles. The second kappa shape index (κ2) is 58.1. The zero-order valence-electron chi connectivity index (χ0n) is 78.7. The van der Waals surface area contributed by atoms with Crippen LogP contribution in [0.3, 0.4) is 0 Å². The van der Waals surface area contributed by atoms with Gasteiger partial charge in [-0.3, -0.25) is 0 Å². The van der Waals surface area contributed by atoms with Crippen LogP contribution in [0.2, 0.25) is 0 Å². The summed E-state index contributed by atoms with van der Waals surface area (Å²) in [6, 6.07) is 0. The summed E-state index contributed by atoms with van der Waals surface area (Å²) < 4.78 is 60.6. The third-order valence-corrected chi connectivity index (χ3v) is 39.0. The summed E-state index contributed by atoms with van der Waals surface area (Å²) in [5, 5.41) is 0. The van der Waals surface area contributed by atoms with Gasteiger partial charge in [0, 0.05) is 5.71 Å². The van der Waals surface area contributed by atoms with Crippen molar-refractivity contribution in [3.8, 4) is 0 Å². The van der Waals surface area contributed by atoms with Gasteiger partial charge in [0.2, 0.25) is 0 Å². The predicted octanol–water partition coefficient (Wildman–Crippen LogP) is 23.9. The van der Waals surface area contributed by atoms with Crippen molar-refractivity contribution in [1.82, 2.24) is 0 Å². The molecule has 0 bridgehead atoms. The maximum atomic E-state index is 15.1. The molecule has 0 spiro atoms. The fraction of sp³-hybridized carbons (Fsp3) is 1.00. The first-order chi connectivity index (χ1) is 52.4. The highest BCUT2D eigenvalue weighted by Gasteiger charge is 2.47. The summed E-state index contributed by atoms with van der Waals surface area (Å²) >= 11 is 0. The molecule has 12 atom stereocenters. The van der Waals surface area contributed by atoms with Crippen molar-refractivity contribution >= 4 is 0 Å². The maximum absolute atomic E-state index is 15.1. The van der Waals surface area contributed by atoms with Crippen LogP contribution in [0.5, 0.6) is 0 Å². The predicted molar refractivity (Wildman–Crippen MR) is 505 cm³/mol. The van der Waals surface area contributed by atoms with E-state index < -0.39 is 24.7 Å². The maximum Gasteiger partial charge on any atom is 0.103 e. The Labute approximate surface area is 740 Å². The van der Waals surface area contributed by atoms with Gasteiger partial charge in [-0.15, -0.1) is 0 Å². The Morgan fingerprint density at radius 2 is 0.200 bits per heavy atom. The van der Waals surface area contributed by atoms with E-state index in [4.69, 9.17) is 0 Å². The number of hydrogen-bond donors (Lipinski definition) is 0. The van der Waals surface area contributed by atoms with E-state index in [1.807, 2.05) is 0 Å². The largest absolute Gasteiger partial charge is 0.412 e. The molecule has 16 rings (SSSR count). The molecule has 0 aromatic heterocycles. The average molecular weight is 1730 g/mol. The highest BCUT2D eigenvalue weighted by molar-refractivity contribution is 4.97. The molecule has 16 heteroatoms. The van der Waals surface area contributed by atoms with Crippen LogP contribution in [0.25, 0.3) is 0 Å². The van der Waals surface area contributed by atoms with Gasteiger partial charge >= 0.3 is 0 Å². The second-order valence-corrected chi connectivity index (χ2v) is 45.9. The van der Waals surface area contributed by atoms with Crippen molar-refractivity contribution in [3.05, 3.63) is 0 Å². The first-order valence-corrected chi connectivity index (χ1v) is 51.0. The topological polar surface area (TPSA) is 378 Å². The molecular formula is C104H212F4O12. The van der Waals surface area contributed by atoms with Crippen LogP contribution in [0.15, 0.2) is 0 Å². The molecule has 12 nitrogen and oxygen atoms in total. The van der Waals surface area contributed by atoms with Crippen LogP contribution in [-0.2, 0) is 0 Å². The highest BCUT2D eigenvalue weighted by atomic mass is 19.1. The van der Waals surface area contributed by atoms with E-state index in [-0.39, 0.29) is 71.4 Å². The van der Waals surface area contributed by atoms with Gasteiger partial charge in [0.15, 0.2) is 0 Å². The fourth-order valence-electron chi connectivity index (χ4n) is 30.7. The zero-order chi connectivity index (χ0) is 75.2. The summed E-state index contributed by atoms with van der Waals surface area (Å²) in [4.78, 5) is 0. The Morgan fingerprint density at radius 3 is 0.308 bits per heavy atom. The Balaban J connectivity index is -0.000000742. The molecule has 16 aliphatic carbocycles. The van der Waals surface area contributed by atoms with Gasteiger partial charge in [0.1, 0.15) is 24.7 Å². The zero-order valence-corrected chi connectivity index (χ0v) is 78.7. The number of hydrogen-bond acceptors (Lipinski definition) is 0. The van der Waals surface area contributed by atoms with Crippen LogP contribution in [0, 0.1) is 189 Å². The molecular weight excluding hydrogens is 1520 g/mol. The van der Waals surface area contributed by atoms with E-state index in [1.165, 1.54) is 360 Å². The van der Waals surface area contributed by atoms with Crippen molar-refractivity contribution in [1.29, 1.82) is 0 Å². The summed E-state index contributed by atoms with van der Waals surface area (Å²) in [6.45, 7) is 19.3. The number of halogens is 4. The highest BCUT2D eigenvalue weighted by Crippen LogP contribution is 2.56. The lowest BCUT2D eigenvalue weighted by molar-refractivity contribution is 0.0296. The minimum Gasteiger partial charge on any atom is -0.412 e.